The zero-order valence-electron chi connectivity index (χ0n) is 10.3. The summed E-state index contributed by atoms with van der Waals surface area (Å²) in [7, 11) is 0. The van der Waals surface area contributed by atoms with Crippen LogP contribution in [-0.2, 0) is 0 Å². The fourth-order valence-electron chi connectivity index (χ4n) is 1.40. The van der Waals surface area contributed by atoms with E-state index in [9.17, 15) is 0 Å². The third-order valence-electron chi connectivity index (χ3n) is 2.71. The summed E-state index contributed by atoms with van der Waals surface area (Å²) in [4.78, 5) is 0. The standard InChI is InChI=1S/C14H26/c1-5-10-14(4)12-9-7-8-11-13(3)6-2/h5,7-8,10,13-14H,6,9,11-12H2,1-4H3. The second kappa shape index (κ2) is 9.05. The van der Waals surface area contributed by atoms with Gasteiger partial charge in [-0.3, -0.25) is 0 Å². The first kappa shape index (κ1) is 13.5. The molecule has 0 amide bonds. The predicted octanol–water partition coefficient (Wildman–Crippen LogP) is 4.97. The maximum Gasteiger partial charge on any atom is -0.0259 e. The van der Waals surface area contributed by atoms with E-state index in [1.54, 1.807) is 0 Å². The Morgan fingerprint density at radius 2 is 1.86 bits per heavy atom. The van der Waals surface area contributed by atoms with Gasteiger partial charge in [-0.05, 0) is 38.0 Å². The van der Waals surface area contributed by atoms with Crippen molar-refractivity contribution in [2.75, 3.05) is 0 Å². The zero-order chi connectivity index (χ0) is 10.8. The Kier molecular flexibility index (Phi) is 8.72. The van der Waals surface area contributed by atoms with Crippen molar-refractivity contribution in [2.24, 2.45) is 11.8 Å². The molecule has 0 N–H and O–H groups in total. The van der Waals surface area contributed by atoms with Crippen LogP contribution in [-0.4, -0.2) is 0 Å². The summed E-state index contributed by atoms with van der Waals surface area (Å²) in [6.07, 6.45) is 14.1. The summed E-state index contributed by atoms with van der Waals surface area (Å²) in [5, 5.41) is 0. The Labute approximate surface area is 90.1 Å². The lowest BCUT2D eigenvalue weighted by molar-refractivity contribution is 0.570. The molecule has 0 heterocycles. The maximum atomic E-state index is 2.34. The molecule has 0 aliphatic heterocycles. The normalized spacial score (nSPS) is 16.6. The predicted molar refractivity (Wildman–Crippen MR) is 66.4 cm³/mol. The highest BCUT2D eigenvalue weighted by Gasteiger charge is 1.95. The number of allylic oxidation sites excluding steroid dienone is 4. The van der Waals surface area contributed by atoms with Crippen LogP contribution in [0.1, 0.15) is 53.4 Å². The molecule has 0 saturated heterocycles. The highest BCUT2D eigenvalue weighted by molar-refractivity contribution is 4.87. The van der Waals surface area contributed by atoms with Gasteiger partial charge in [-0.25, -0.2) is 0 Å². The van der Waals surface area contributed by atoms with Crippen LogP contribution in [0.2, 0.25) is 0 Å². The quantitative estimate of drug-likeness (QED) is 0.502. The summed E-state index contributed by atoms with van der Waals surface area (Å²) >= 11 is 0. The molecule has 0 aliphatic carbocycles. The minimum absolute atomic E-state index is 0.730. The lowest BCUT2D eigenvalue weighted by Crippen LogP contribution is -1.89. The largest absolute Gasteiger partial charge is 0.0914 e. The van der Waals surface area contributed by atoms with E-state index >= 15 is 0 Å². The van der Waals surface area contributed by atoms with Gasteiger partial charge in [0.15, 0.2) is 0 Å². The molecule has 0 aliphatic rings. The average molecular weight is 194 g/mol. The van der Waals surface area contributed by atoms with Crippen molar-refractivity contribution in [3.05, 3.63) is 24.3 Å². The molecule has 0 aromatic heterocycles. The van der Waals surface area contributed by atoms with Gasteiger partial charge < -0.3 is 0 Å². The number of hydrogen-bond acceptors (Lipinski definition) is 0. The second-order valence-electron chi connectivity index (χ2n) is 4.30. The van der Waals surface area contributed by atoms with Crippen LogP contribution in [0.5, 0.6) is 0 Å². The van der Waals surface area contributed by atoms with E-state index < -0.39 is 0 Å². The van der Waals surface area contributed by atoms with Crippen LogP contribution in [0.3, 0.4) is 0 Å². The highest BCUT2D eigenvalue weighted by atomic mass is 14.0. The van der Waals surface area contributed by atoms with Crippen molar-refractivity contribution in [1.29, 1.82) is 0 Å². The summed E-state index contributed by atoms with van der Waals surface area (Å²) in [5.74, 6) is 1.58. The fourth-order valence-corrected chi connectivity index (χ4v) is 1.40. The van der Waals surface area contributed by atoms with E-state index in [0.29, 0.717) is 0 Å². The van der Waals surface area contributed by atoms with Crippen LogP contribution >= 0.6 is 0 Å². The molecule has 0 aromatic carbocycles. The molecule has 0 nitrogen and oxygen atoms in total. The van der Waals surface area contributed by atoms with Gasteiger partial charge in [-0.15, -0.1) is 0 Å². The second-order valence-corrected chi connectivity index (χ2v) is 4.30. The average Bonchev–Trinajstić information content (AvgIpc) is 2.17. The molecular weight excluding hydrogens is 168 g/mol. The van der Waals surface area contributed by atoms with Crippen LogP contribution < -0.4 is 0 Å². The molecule has 14 heavy (non-hydrogen) atoms. The van der Waals surface area contributed by atoms with Gasteiger partial charge in [0.05, 0.1) is 0 Å². The van der Waals surface area contributed by atoms with E-state index in [0.717, 1.165) is 11.8 Å². The molecule has 0 bridgehead atoms. The van der Waals surface area contributed by atoms with Gasteiger partial charge in [0.1, 0.15) is 0 Å². The summed E-state index contributed by atoms with van der Waals surface area (Å²) in [6, 6.07) is 0. The van der Waals surface area contributed by atoms with Gasteiger partial charge in [-0.1, -0.05) is 51.5 Å². The molecule has 0 spiro atoms. The molecule has 0 heteroatoms. The van der Waals surface area contributed by atoms with Gasteiger partial charge in [0, 0.05) is 0 Å². The third-order valence-corrected chi connectivity index (χ3v) is 2.71. The van der Waals surface area contributed by atoms with E-state index in [2.05, 4.69) is 52.0 Å². The van der Waals surface area contributed by atoms with Crippen molar-refractivity contribution >= 4 is 0 Å². The van der Waals surface area contributed by atoms with Gasteiger partial charge in [0.2, 0.25) is 0 Å². The molecule has 0 saturated carbocycles. The van der Waals surface area contributed by atoms with Crippen molar-refractivity contribution in [1.82, 2.24) is 0 Å². The van der Waals surface area contributed by atoms with Crippen molar-refractivity contribution in [2.45, 2.75) is 53.4 Å². The fraction of sp³-hybridized carbons (Fsp3) is 0.714. The topological polar surface area (TPSA) is 0 Å². The Balaban J connectivity index is 3.43. The van der Waals surface area contributed by atoms with E-state index in [1.807, 2.05) is 0 Å². The Hall–Kier alpha value is -0.520. The minimum Gasteiger partial charge on any atom is -0.0914 e. The van der Waals surface area contributed by atoms with Gasteiger partial charge in [0.25, 0.3) is 0 Å². The smallest absolute Gasteiger partial charge is 0.0259 e. The molecule has 0 rings (SSSR count). The lowest BCUT2D eigenvalue weighted by Gasteiger charge is -2.04. The first-order chi connectivity index (χ1) is 6.70. The van der Waals surface area contributed by atoms with Crippen LogP contribution in [0.25, 0.3) is 0 Å². The monoisotopic (exact) mass is 194 g/mol. The summed E-state index contributed by atoms with van der Waals surface area (Å²) in [5.41, 5.74) is 0. The Bertz CT molecular complexity index is 165. The minimum atomic E-state index is 0.730. The lowest BCUT2D eigenvalue weighted by atomic mass is 10.0. The molecule has 82 valence electrons. The van der Waals surface area contributed by atoms with Gasteiger partial charge in [-0.2, -0.15) is 0 Å². The highest BCUT2D eigenvalue weighted by Crippen LogP contribution is 2.10. The SMILES string of the molecule is CC=CC(C)CCC=CCC(C)CC. The maximum absolute atomic E-state index is 2.34. The number of rotatable bonds is 7. The molecular formula is C14H26. The zero-order valence-corrected chi connectivity index (χ0v) is 10.3. The molecule has 0 aromatic rings. The number of hydrogen-bond donors (Lipinski definition) is 0. The van der Waals surface area contributed by atoms with Gasteiger partial charge >= 0.3 is 0 Å². The van der Waals surface area contributed by atoms with E-state index in [-0.39, 0.29) is 0 Å². The van der Waals surface area contributed by atoms with E-state index in [1.165, 1.54) is 25.7 Å². The Morgan fingerprint density at radius 1 is 1.14 bits per heavy atom. The molecule has 2 atom stereocenters. The summed E-state index contributed by atoms with van der Waals surface area (Å²) in [6.45, 7) is 8.94. The van der Waals surface area contributed by atoms with Crippen molar-refractivity contribution in [3.63, 3.8) is 0 Å². The van der Waals surface area contributed by atoms with Crippen molar-refractivity contribution < 1.29 is 0 Å². The van der Waals surface area contributed by atoms with Crippen LogP contribution in [0.4, 0.5) is 0 Å². The van der Waals surface area contributed by atoms with Crippen LogP contribution in [0.15, 0.2) is 24.3 Å². The van der Waals surface area contributed by atoms with Crippen LogP contribution in [0, 0.1) is 11.8 Å². The van der Waals surface area contributed by atoms with E-state index in [4.69, 9.17) is 0 Å². The third kappa shape index (κ3) is 8.10. The first-order valence-corrected chi connectivity index (χ1v) is 5.98. The Morgan fingerprint density at radius 3 is 2.43 bits per heavy atom. The molecule has 0 fully saturated rings. The van der Waals surface area contributed by atoms with Crippen molar-refractivity contribution in [3.8, 4) is 0 Å². The molecule has 0 radical (unpaired) electrons. The first-order valence-electron chi connectivity index (χ1n) is 5.98. The summed E-state index contributed by atoms with van der Waals surface area (Å²) < 4.78 is 0. The molecule has 2 unspecified atom stereocenters.